The third kappa shape index (κ3) is 2.99. The standard InChI is InChI=1S/C14H16N2O3/c1-9-3-4-11(10(2)7-9)15-12(17)8-16-13(18)5-6-14(16)19/h3-4,7H,5-6,8H2,1-2H3,(H,15,17). The van der Waals surface area contributed by atoms with Crippen molar-refractivity contribution in [3.8, 4) is 0 Å². The maximum atomic E-state index is 11.8. The van der Waals surface area contributed by atoms with Gasteiger partial charge in [0.1, 0.15) is 6.54 Å². The van der Waals surface area contributed by atoms with Crippen LogP contribution in [0.5, 0.6) is 0 Å². The van der Waals surface area contributed by atoms with Gasteiger partial charge >= 0.3 is 0 Å². The molecule has 2 rings (SSSR count). The number of carbonyl (C=O) groups is 3. The molecule has 0 aromatic heterocycles. The minimum atomic E-state index is -0.351. The first-order valence-corrected chi connectivity index (χ1v) is 6.17. The zero-order valence-corrected chi connectivity index (χ0v) is 11.0. The van der Waals surface area contributed by atoms with Gasteiger partial charge in [0.05, 0.1) is 0 Å². The van der Waals surface area contributed by atoms with Crippen molar-refractivity contribution in [3.05, 3.63) is 29.3 Å². The Morgan fingerprint density at radius 3 is 2.42 bits per heavy atom. The van der Waals surface area contributed by atoms with Crippen molar-refractivity contribution < 1.29 is 14.4 Å². The van der Waals surface area contributed by atoms with Gasteiger partial charge in [-0.15, -0.1) is 0 Å². The Labute approximate surface area is 111 Å². The Kier molecular flexibility index (Phi) is 3.64. The zero-order chi connectivity index (χ0) is 14.0. The fourth-order valence-corrected chi connectivity index (χ4v) is 2.09. The number of nitrogens with zero attached hydrogens (tertiary/aromatic N) is 1. The van der Waals surface area contributed by atoms with E-state index >= 15 is 0 Å². The average Bonchev–Trinajstić information content (AvgIpc) is 2.65. The summed E-state index contributed by atoms with van der Waals surface area (Å²) in [5, 5.41) is 2.72. The van der Waals surface area contributed by atoms with Crippen LogP contribution < -0.4 is 5.32 Å². The highest BCUT2D eigenvalue weighted by atomic mass is 16.2. The topological polar surface area (TPSA) is 66.5 Å². The Hall–Kier alpha value is -2.17. The number of rotatable bonds is 3. The van der Waals surface area contributed by atoms with Gasteiger partial charge in [-0.05, 0) is 25.5 Å². The van der Waals surface area contributed by atoms with Crippen LogP contribution >= 0.6 is 0 Å². The van der Waals surface area contributed by atoms with Crippen LogP contribution in [-0.4, -0.2) is 29.2 Å². The fraction of sp³-hybridized carbons (Fsp3) is 0.357. The van der Waals surface area contributed by atoms with Gasteiger partial charge in [0.15, 0.2) is 0 Å². The van der Waals surface area contributed by atoms with Crippen molar-refractivity contribution in [2.45, 2.75) is 26.7 Å². The van der Waals surface area contributed by atoms with Crippen molar-refractivity contribution in [1.29, 1.82) is 0 Å². The molecule has 100 valence electrons. The second-order valence-corrected chi connectivity index (χ2v) is 4.74. The quantitative estimate of drug-likeness (QED) is 0.835. The molecule has 1 fully saturated rings. The van der Waals surface area contributed by atoms with Crippen LogP contribution in [-0.2, 0) is 14.4 Å². The molecule has 0 bridgehead atoms. The summed E-state index contributed by atoms with van der Waals surface area (Å²) >= 11 is 0. The molecule has 3 amide bonds. The maximum absolute atomic E-state index is 11.8. The van der Waals surface area contributed by atoms with Crippen molar-refractivity contribution in [2.24, 2.45) is 0 Å². The molecule has 5 heteroatoms. The lowest BCUT2D eigenvalue weighted by Gasteiger charge is -2.14. The summed E-state index contributed by atoms with van der Waals surface area (Å²) in [6, 6.07) is 5.67. The van der Waals surface area contributed by atoms with Crippen LogP contribution in [0, 0.1) is 13.8 Å². The first-order valence-electron chi connectivity index (χ1n) is 6.17. The molecule has 1 heterocycles. The number of imide groups is 1. The molecular weight excluding hydrogens is 244 g/mol. The molecule has 5 nitrogen and oxygen atoms in total. The van der Waals surface area contributed by atoms with Gasteiger partial charge in [-0.25, -0.2) is 0 Å². The number of hydrogen-bond acceptors (Lipinski definition) is 3. The number of amides is 3. The van der Waals surface area contributed by atoms with Gasteiger partial charge in [-0.1, -0.05) is 17.7 Å². The zero-order valence-electron chi connectivity index (χ0n) is 11.0. The predicted octanol–water partition coefficient (Wildman–Crippen LogP) is 1.39. The lowest BCUT2D eigenvalue weighted by molar-refractivity contribution is -0.141. The van der Waals surface area contributed by atoms with Gasteiger partial charge in [0.25, 0.3) is 0 Å². The number of benzene rings is 1. The van der Waals surface area contributed by atoms with Crippen LogP contribution in [0.15, 0.2) is 18.2 Å². The van der Waals surface area contributed by atoms with Gasteiger partial charge in [0, 0.05) is 18.5 Å². The van der Waals surface area contributed by atoms with E-state index in [1.807, 2.05) is 32.0 Å². The summed E-state index contributed by atoms with van der Waals surface area (Å²) in [7, 11) is 0. The Morgan fingerprint density at radius 1 is 1.21 bits per heavy atom. The molecule has 0 spiro atoms. The highest BCUT2D eigenvalue weighted by Gasteiger charge is 2.30. The number of carbonyl (C=O) groups excluding carboxylic acids is 3. The second-order valence-electron chi connectivity index (χ2n) is 4.74. The number of likely N-dealkylation sites (tertiary alicyclic amines) is 1. The molecule has 1 aromatic carbocycles. The molecular formula is C14H16N2O3. The molecule has 1 N–H and O–H groups in total. The molecule has 1 saturated heterocycles. The smallest absolute Gasteiger partial charge is 0.244 e. The minimum Gasteiger partial charge on any atom is -0.324 e. The second kappa shape index (κ2) is 5.22. The summed E-state index contributed by atoms with van der Waals surface area (Å²) < 4.78 is 0. The Balaban J connectivity index is 2.01. The lowest BCUT2D eigenvalue weighted by Crippen LogP contribution is -2.36. The summed E-state index contributed by atoms with van der Waals surface area (Å²) in [5.41, 5.74) is 2.77. The SMILES string of the molecule is Cc1ccc(NC(=O)CN2C(=O)CCC2=O)c(C)c1. The van der Waals surface area contributed by atoms with Crippen LogP contribution in [0.2, 0.25) is 0 Å². The normalized spacial score (nSPS) is 14.9. The largest absolute Gasteiger partial charge is 0.324 e. The van der Waals surface area contributed by atoms with Gasteiger partial charge < -0.3 is 5.32 Å². The summed E-state index contributed by atoms with van der Waals surface area (Å²) in [5.74, 6) is -0.905. The molecule has 0 aliphatic carbocycles. The summed E-state index contributed by atoms with van der Waals surface area (Å²) in [4.78, 5) is 35.7. The molecule has 0 atom stereocenters. The van der Waals surface area contributed by atoms with Crippen LogP contribution in [0.3, 0.4) is 0 Å². The van der Waals surface area contributed by atoms with E-state index in [-0.39, 0.29) is 37.1 Å². The first-order chi connectivity index (χ1) is 8.97. The third-order valence-electron chi connectivity index (χ3n) is 3.11. The average molecular weight is 260 g/mol. The van der Waals surface area contributed by atoms with Crippen molar-refractivity contribution >= 4 is 23.4 Å². The minimum absolute atomic E-state index is 0.203. The van der Waals surface area contributed by atoms with E-state index in [1.165, 1.54) is 0 Å². The summed E-state index contributed by atoms with van der Waals surface area (Å²) in [6.07, 6.45) is 0.408. The van der Waals surface area contributed by atoms with Gasteiger partial charge in [-0.3, -0.25) is 19.3 Å². The van der Waals surface area contributed by atoms with E-state index in [9.17, 15) is 14.4 Å². The molecule has 0 unspecified atom stereocenters. The van der Waals surface area contributed by atoms with E-state index in [2.05, 4.69) is 5.32 Å². The van der Waals surface area contributed by atoms with Crippen molar-refractivity contribution in [2.75, 3.05) is 11.9 Å². The van der Waals surface area contributed by atoms with Crippen molar-refractivity contribution in [3.63, 3.8) is 0 Å². The first kappa shape index (κ1) is 13.3. The molecule has 1 aromatic rings. The number of hydrogen-bond donors (Lipinski definition) is 1. The van der Waals surface area contributed by atoms with Crippen LogP contribution in [0.1, 0.15) is 24.0 Å². The Bertz CT molecular complexity index is 536. The van der Waals surface area contributed by atoms with E-state index in [0.717, 1.165) is 16.0 Å². The molecule has 0 radical (unpaired) electrons. The monoisotopic (exact) mass is 260 g/mol. The van der Waals surface area contributed by atoms with Gasteiger partial charge in [0.2, 0.25) is 17.7 Å². The number of anilines is 1. The predicted molar refractivity (Wildman–Crippen MR) is 70.5 cm³/mol. The van der Waals surface area contributed by atoms with E-state index in [4.69, 9.17) is 0 Å². The lowest BCUT2D eigenvalue weighted by atomic mass is 10.1. The highest BCUT2D eigenvalue weighted by molar-refractivity contribution is 6.06. The number of aryl methyl sites for hydroxylation is 2. The maximum Gasteiger partial charge on any atom is 0.244 e. The molecule has 19 heavy (non-hydrogen) atoms. The van der Waals surface area contributed by atoms with E-state index in [1.54, 1.807) is 0 Å². The highest BCUT2D eigenvalue weighted by Crippen LogP contribution is 2.16. The number of nitrogens with one attached hydrogen (secondary N) is 1. The van der Waals surface area contributed by atoms with Crippen molar-refractivity contribution in [1.82, 2.24) is 4.90 Å². The van der Waals surface area contributed by atoms with Gasteiger partial charge in [-0.2, -0.15) is 0 Å². The van der Waals surface area contributed by atoms with E-state index < -0.39 is 0 Å². The summed E-state index contributed by atoms with van der Waals surface area (Å²) in [6.45, 7) is 3.67. The molecule has 0 saturated carbocycles. The van der Waals surface area contributed by atoms with Crippen LogP contribution in [0.25, 0.3) is 0 Å². The molecule has 1 aliphatic heterocycles. The third-order valence-corrected chi connectivity index (χ3v) is 3.11. The van der Waals surface area contributed by atoms with Crippen LogP contribution in [0.4, 0.5) is 5.69 Å². The fourth-order valence-electron chi connectivity index (χ4n) is 2.09. The Morgan fingerprint density at radius 2 is 1.84 bits per heavy atom. The van der Waals surface area contributed by atoms with E-state index in [0.29, 0.717) is 5.69 Å². The molecule has 1 aliphatic rings.